The number of carbonyl (C=O) groups excluding carboxylic acids is 3. The lowest BCUT2D eigenvalue weighted by atomic mass is 9.82. The Morgan fingerprint density at radius 1 is 1.23 bits per heavy atom. The lowest BCUT2D eigenvalue weighted by Gasteiger charge is -2.42. The van der Waals surface area contributed by atoms with Crippen molar-refractivity contribution in [3.8, 4) is 5.75 Å². The summed E-state index contributed by atoms with van der Waals surface area (Å²) in [4.78, 5) is 40.4. The monoisotopic (exact) mass is 425 g/mol. The molecule has 2 aliphatic heterocycles. The van der Waals surface area contributed by atoms with E-state index in [4.69, 9.17) is 9.15 Å². The van der Waals surface area contributed by atoms with E-state index in [0.29, 0.717) is 32.2 Å². The second-order valence-corrected chi connectivity index (χ2v) is 8.35. The standard InChI is InChI=1S/C23H27N3O5/c1-25-12-11-23(10-9-21(25)28)14-17(16-6-3-4-7-18(16)31-23)24-20(27)15-26(2)22(29)19-8-5-13-30-19/h3-8,13,17H,9-12,14-15H2,1-2H3,(H,24,27). The molecule has 0 bridgehead atoms. The summed E-state index contributed by atoms with van der Waals surface area (Å²) in [6, 6.07) is 10.6. The minimum atomic E-state index is -0.511. The maximum Gasteiger partial charge on any atom is 0.289 e. The number of rotatable bonds is 4. The second-order valence-electron chi connectivity index (χ2n) is 8.35. The van der Waals surface area contributed by atoms with E-state index < -0.39 is 5.60 Å². The summed E-state index contributed by atoms with van der Waals surface area (Å²) in [5, 5.41) is 3.08. The minimum absolute atomic E-state index is 0.0900. The molecule has 31 heavy (non-hydrogen) atoms. The number of likely N-dealkylation sites (tertiary alicyclic amines) is 1. The normalized spacial score (nSPS) is 23.0. The molecule has 2 aliphatic rings. The molecule has 3 amide bonds. The summed E-state index contributed by atoms with van der Waals surface area (Å²) in [7, 11) is 3.37. The predicted molar refractivity (Wildman–Crippen MR) is 112 cm³/mol. The third-order valence-electron chi connectivity index (χ3n) is 6.11. The van der Waals surface area contributed by atoms with Crippen LogP contribution >= 0.6 is 0 Å². The SMILES string of the molecule is CN1CCC2(CCC1=O)CC(NC(=O)CN(C)C(=O)c1ccco1)c1ccccc1O2. The Morgan fingerprint density at radius 3 is 2.81 bits per heavy atom. The average Bonchev–Trinajstić information content (AvgIpc) is 3.26. The molecule has 164 valence electrons. The summed E-state index contributed by atoms with van der Waals surface area (Å²) in [6.45, 7) is 0.523. The van der Waals surface area contributed by atoms with Crippen LogP contribution in [0.2, 0.25) is 0 Å². The van der Waals surface area contributed by atoms with E-state index in [2.05, 4.69) is 5.32 Å². The fraction of sp³-hybridized carbons (Fsp3) is 0.435. The van der Waals surface area contributed by atoms with Gasteiger partial charge < -0.3 is 24.3 Å². The minimum Gasteiger partial charge on any atom is -0.487 e. The predicted octanol–water partition coefficient (Wildman–Crippen LogP) is 2.37. The van der Waals surface area contributed by atoms with E-state index >= 15 is 0 Å². The molecular weight excluding hydrogens is 398 g/mol. The number of furan rings is 1. The Labute approximate surface area is 181 Å². The molecule has 0 saturated carbocycles. The molecule has 0 radical (unpaired) electrons. The van der Waals surface area contributed by atoms with E-state index in [1.54, 1.807) is 24.1 Å². The lowest BCUT2D eigenvalue weighted by Crippen LogP contribution is -2.47. The molecule has 1 aromatic carbocycles. The first-order chi connectivity index (χ1) is 14.9. The summed E-state index contributed by atoms with van der Waals surface area (Å²) in [5.41, 5.74) is 0.396. The van der Waals surface area contributed by atoms with Crippen LogP contribution in [-0.4, -0.2) is 60.3 Å². The highest BCUT2D eigenvalue weighted by atomic mass is 16.5. The molecule has 1 fully saturated rings. The van der Waals surface area contributed by atoms with Gasteiger partial charge >= 0.3 is 0 Å². The van der Waals surface area contributed by atoms with Gasteiger partial charge in [-0.05, 0) is 24.6 Å². The van der Waals surface area contributed by atoms with Crippen molar-refractivity contribution in [3.63, 3.8) is 0 Å². The van der Waals surface area contributed by atoms with Crippen molar-refractivity contribution in [1.82, 2.24) is 15.1 Å². The van der Waals surface area contributed by atoms with Crippen molar-refractivity contribution in [2.24, 2.45) is 0 Å². The largest absolute Gasteiger partial charge is 0.487 e. The molecule has 2 atom stereocenters. The van der Waals surface area contributed by atoms with Gasteiger partial charge in [-0.1, -0.05) is 18.2 Å². The summed E-state index contributed by atoms with van der Waals surface area (Å²) in [5.74, 6) is 0.419. The van der Waals surface area contributed by atoms with Crippen LogP contribution in [0.3, 0.4) is 0 Å². The van der Waals surface area contributed by atoms with Gasteiger partial charge in [-0.25, -0.2) is 0 Å². The molecule has 8 nitrogen and oxygen atoms in total. The van der Waals surface area contributed by atoms with E-state index in [-0.39, 0.29) is 36.1 Å². The first-order valence-corrected chi connectivity index (χ1v) is 10.5. The van der Waals surface area contributed by atoms with Gasteiger partial charge in [0.05, 0.1) is 18.8 Å². The maximum absolute atomic E-state index is 12.8. The Morgan fingerprint density at radius 2 is 2.03 bits per heavy atom. The van der Waals surface area contributed by atoms with Crippen LogP contribution in [0.4, 0.5) is 0 Å². The van der Waals surface area contributed by atoms with Crippen molar-refractivity contribution in [2.75, 3.05) is 27.2 Å². The number of nitrogens with one attached hydrogen (secondary N) is 1. The fourth-order valence-corrected chi connectivity index (χ4v) is 4.32. The molecule has 1 N–H and O–H groups in total. The quantitative estimate of drug-likeness (QED) is 0.812. The van der Waals surface area contributed by atoms with Crippen LogP contribution in [0.25, 0.3) is 0 Å². The van der Waals surface area contributed by atoms with Gasteiger partial charge in [0.15, 0.2) is 5.76 Å². The highest BCUT2D eigenvalue weighted by Crippen LogP contribution is 2.44. The number of hydrogen-bond donors (Lipinski definition) is 1. The molecule has 0 aliphatic carbocycles. The van der Waals surface area contributed by atoms with Crippen LogP contribution in [0.1, 0.15) is 47.8 Å². The van der Waals surface area contributed by atoms with E-state index in [1.807, 2.05) is 31.3 Å². The zero-order chi connectivity index (χ0) is 22.0. The molecule has 2 aromatic rings. The summed E-state index contributed by atoms with van der Waals surface area (Å²) >= 11 is 0. The van der Waals surface area contributed by atoms with Gasteiger partial charge in [-0.15, -0.1) is 0 Å². The van der Waals surface area contributed by atoms with Crippen LogP contribution in [0.5, 0.6) is 5.75 Å². The number of amides is 3. The highest BCUT2D eigenvalue weighted by molar-refractivity contribution is 5.94. The van der Waals surface area contributed by atoms with Gasteiger partial charge in [0.2, 0.25) is 11.8 Å². The van der Waals surface area contributed by atoms with Crippen LogP contribution in [-0.2, 0) is 9.59 Å². The van der Waals surface area contributed by atoms with Crippen LogP contribution in [0, 0.1) is 0 Å². The van der Waals surface area contributed by atoms with Gasteiger partial charge in [-0.3, -0.25) is 14.4 Å². The molecule has 8 heteroatoms. The number of ether oxygens (including phenoxy) is 1. The Kier molecular flexibility index (Phi) is 5.71. The second kappa shape index (κ2) is 8.45. The van der Waals surface area contributed by atoms with Crippen molar-refractivity contribution >= 4 is 17.7 Å². The number of benzene rings is 1. The van der Waals surface area contributed by atoms with Gasteiger partial charge in [0.25, 0.3) is 5.91 Å². The Hall–Kier alpha value is -3.29. The zero-order valence-corrected chi connectivity index (χ0v) is 17.8. The number of hydrogen-bond acceptors (Lipinski definition) is 5. The highest BCUT2D eigenvalue weighted by Gasteiger charge is 2.43. The third kappa shape index (κ3) is 4.42. The molecule has 4 rings (SSSR count). The first-order valence-electron chi connectivity index (χ1n) is 10.5. The lowest BCUT2D eigenvalue weighted by molar-refractivity contribution is -0.129. The summed E-state index contributed by atoms with van der Waals surface area (Å²) < 4.78 is 11.5. The van der Waals surface area contributed by atoms with Crippen molar-refractivity contribution < 1.29 is 23.5 Å². The Bertz CT molecular complexity index is 973. The number of fused-ring (bicyclic) bond motifs is 1. The zero-order valence-electron chi connectivity index (χ0n) is 17.8. The smallest absolute Gasteiger partial charge is 0.289 e. The van der Waals surface area contributed by atoms with E-state index in [9.17, 15) is 14.4 Å². The van der Waals surface area contributed by atoms with Crippen LogP contribution in [0.15, 0.2) is 47.1 Å². The van der Waals surface area contributed by atoms with Crippen molar-refractivity contribution in [1.29, 1.82) is 0 Å². The maximum atomic E-state index is 12.8. The average molecular weight is 425 g/mol. The summed E-state index contributed by atoms with van der Waals surface area (Å²) in [6.07, 6.45) is 3.72. The number of nitrogens with zero attached hydrogens (tertiary/aromatic N) is 2. The third-order valence-corrected chi connectivity index (χ3v) is 6.11. The van der Waals surface area contributed by atoms with Gasteiger partial charge in [0.1, 0.15) is 11.4 Å². The van der Waals surface area contributed by atoms with Crippen molar-refractivity contribution in [3.05, 3.63) is 54.0 Å². The number of likely N-dealkylation sites (N-methyl/N-ethyl adjacent to an activating group) is 1. The molecule has 3 heterocycles. The number of para-hydroxylation sites is 1. The molecular formula is C23H27N3O5. The van der Waals surface area contributed by atoms with Crippen molar-refractivity contribution in [2.45, 2.75) is 37.3 Å². The molecule has 1 spiro atoms. The van der Waals surface area contributed by atoms with E-state index in [1.165, 1.54) is 11.2 Å². The van der Waals surface area contributed by atoms with E-state index in [0.717, 1.165) is 11.3 Å². The number of carbonyl (C=O) groups is 3. The fourth-order valence-electron chi connectivity index (χ4n) is 4.32. The first kappa shape index (κ1) is 21.0. The molecule has 1 saturated heterocycles. The van der Waals surface area contributed by atoms with Gasteiger partial charge in [-0.2, -0.15) is 0 Å². The molecule has 1 aromatic heterocycles. The van der Waals surface area contributed by atoms with Crippen LogP contribution < -0.4 is 10.1 Å². The Balaban J connectivity index is 1.49. The molecule has 2 unspecified atom stereocenters. The van der Waals surface area contributed by atoms with Gasteiger partial charge in [0, 0.05) is 45.5 Å². The topological polar surface area (TPSA) is 92.1 Å².